The summed E-state index contributed by atoms with van der Waals surface area (Å²) in [6.45, 7) is 2.55. The standard InChI is InChI=1S/C9H13F4NO3/c1-3-4-8(2,7(16)17)14-6(15)9(12,13)5(10)11/h5H,3-4H2,1-2H3,(H,14,15)(H,16,17). The second kappa shape index (κ2) is 5.33. The van der Waals surface area contributed by atoms with E-state index in [1.165, 1.54) is 5.32 Å². The first-order chi connectivity index (χ1) is 7.58. The monoisotopic (exact) mass is 259 g/mol. The van der Waals surface area contributed by atoms with Crippen LogP contribution >= 0.6 is 0 Å². The van der Waals surface area contributed by atoms with E-state index in [0.29, 0.717) is 0 Å². The molecule has 8 heteroatoms. The maximum Gasteiger partial charge on any atom is 0.383 e. The zero-order valence-electron chi connectivity index (χ0n) is 9.27. The van der Waals surface area contributed by atoms with Gasteiger partial charge < -0.3 is 10.4 Å². The fraction of sp³-hybridized carbons (Fsp3) is 0.778. The Morgan fingerprint density at radius 2 is 1.82 bits per heavy atom. The molecular weight excluding hydrogens is 246 g/mol. The Balaban J connectivity index is 4.92. The third kappa shape index (κ3) is 3.57. The minimum atomic E-state index is -4.90. The molecule has 0 rings (SSSR count). The first kappa shape index (κ1) is 15.7. The Morgan fingerprint density at radius 3 is 2.12 bits per heavy atom. The SMILES string of the molecule is CCCC(C)(NC(=O)C(F)(F)C(F)F)C(=O)O. The van der Waals surface area contributed by atoms with Crippen LogP contribution in [0.3, 0.4) is 0 Å². The third-order valence-electron chi connectivity index (χ3n) is 2.19. The maximum atomic E-state index is 12.6. The summed E-state index contributed by atoms with van der Waals surface area (Å²) in [4.78, 5) is 21.7. The number of carboxylic acid groups (broad SMARTS) is 1. The predicted molar refractivity (Wildman–Crippen MR) is 50.0 cm³/mol. The highest BCUT2D eigenvalue weighted by Gasteiger charge is 2.51. The molecule has 2 N–H and O–H groups in total. The second-order valence-corrected chi connectivity index (χ2v) is 3.77. The van der Waals surface area contributed by atoms with Gasteiger partial charge in [0.25, 0.3) is 5.91 Å². The topological polar surface area (TPSA) is 66.4 Å². The van der Waals surface area contributed by atoms with Crippen molar-refractivity contribution in [3.05, 3.63) is 0 Å². The number of halogens is 4. The van der Waals surface area contributed by atoms with Crippen LogP contribution in [0.5, 0.6) is 0 Å². The zero-order valence-corrected chi connectivity index (χ0v) is 9.27. The molecule has 0 aliphatic heterocycles. The fourth-order valence-electron chi connectivity index (χ4n) is 1.16. The Morgan fingerprint density at radius 1 is 1.35 bits per heavy atom. The molecule has 17 heavy (non-hydrogen) atoms. The molecule has 1 atom stereocenters. The van der Waals surface area contributed by atoms with Crippen molar-refractivity contribution in [2.24, 2.45) is 0 Å². The molecule has 100 valence electrons. The summed E-state index contributed by atoms with van der Waals surface area (Å²) in [6.07, 6.45) is -4.04. The number of carboxylic acids is 1. The molecule has 1 unspecified atom stereocenters. The van der Waals surface area contributed by atoms with E-state index < -0.39 is 29.8 Å². The van der Waals surface area contributed by atoms with Gasteiger partial charge in [-0.25, -0.2) is 13.6 Å². The number of carbonyl (C=O) groups is 2. The van der Waals surface area contributed by atoms with Crippen LogP contribution in [-0.4, -0.2) is 34.9 Å². The lowest BCUT2D eigenvalue weighted by Gasteiger charge is -2.27. The molecule has 4 nitrogen and oxygen atoms in total. The van der Waals surface area contributed by atoms with Crippen molar-refractivity contribution < 1.29 is 32.3 Å². The van der Waals surface area contributed by atoms with Crippen LogP contribution in [0.1, 0.15) is 26.7 Å². The van der Waals surface area contributed by atoms with Gasteiger partial charge in [-0.1, -0.05) is 13.3 Å². The molecule has 0 saturated carbocycles. The molecule has 0 aromatic heterocycles. The smallest absolute Gasteiger partial charge is 0.383 e. The molecular formula is C9H13F4NO3. The van der Waals surface area contributed by atoms with Crippen molar-refractivity contribution in [1.29, 1.82) is 0 Å². The third-order valence-corrected chi connectivity index (χ3v) is 2.19. The summed E-state index contributed by atoms with van der Waals surface area (Å²) >= 11 is 0. The molecule has 0 aromatic rings. The fourth-order valence-corrected chi connectivity index (χ4v) is 1.16. The lowest BCUT2D eigenvalue weighted by Crippen LogP contribution is -2.58. The van der Waals surface area contributed by atoms with Gasteiger partial charge in [-0.2, -0.15) is 8.78 Å². The van der Waals surface area contributed by atoms with Crippen LogP contribution in [0, 0.1) is 0 Å². The average Bonchev–Trinajstić information content (AvgIpc) is 2.17. The molecule has 0 spiro atoms. The number of alkyl halides is 4. The van der Waals surface area contributed by atoms with Crippen LogP contribution in [0.15, 0.2) is 0 Å². The van der Waals surface area contributed by atoms with Gasteiger partial charge in [-0.3, -0.25) is 4.79 Å². The van der Waals surface area contributed by atoms with Crippen LogP contribution < -0.4 is 5.32 Å². The van der Waals surface area contributed by atoms with Crippen molar-refractivity contribution >= 4 is 11.9 Å². The van der Waals surface area contributed by atoms with E-state index in [1.807, 2.05) is 0 Å². The van der Waals surface area contributed by atoms with E-state index in [0.717, 1.165) is 6.92 Å². The number of hydrogen-bond acceptors (Lipinski definition) is 2. The highest BCUT2D eigenvalue weighted by molar-refractivity contribution is 5.90. The van der Waals surface area contributed by atoms with E-state index in [1.54, 1.807) is 6.92 Å². The van der Waals surface area contributed by atoms with Crippen molar-refractivity contribution in [3.8, 4) is 0 Å². The predicted octanol–water partition coefficient (Wildman–Crippen LogP) is 1.65. The Kier molecular flexibility index (Phi) is 4.91. The second-order valence-electron chi connectivity index (χ2n) is 3.77. The van der Waals surface area contributed by atoms with E-state index in [-0.39, 0.29) is 12.8 Å². The minimum Gasteiger partial charge on any atom is -0.480 e. The van der Waals surface area contributed by atoms with Gasteiger partial charge in [-0.15, -0.1) is 0 Å². The Hall–Kier alpha value is -1.34. The van der Waals surface area contributed by atoms with Crippen LogP contribution in [0.4, 0.5) is 17.6 Å². The molecule has 0 aliphatic carbocycles. The highest BCUT2D eigenvalue weighted by Crippen LogP contribution is 2.24. The van der Waals surface area contributed by atoms with Crippen molar-refractivity contribution in [3.63, 3.8) is 0 Å². The van der Waals surface area contributed by atoms with Crippen LogP contribution in [0.2, 0.25) is 0 Å². The zero-order chi connectivity index (χ0) is 13.9. The highest BCUT2D eigenvalue weighted by atomic mass is 19.3. The number of amides is 1. The summed E-state index contributed by atoms with van der Waals surface area (Å²) in [5.74, 6) is -8.74. The minimum absolute atomic E-state index is 0.145. The Labute approximate surface area is 95.0 Å². The lowest BCUT2D eigenvalue weighted by atomic mass is 9.96. The van der Waals surface area contributed by atoms with Gasteiger partial charge >= 0.3 is 18.3 Å². The molecule has 1 amide bonds. The van der Waals surface area contributed by atoms with Crippen molar-refractivity contribution in [2.45, 2.75) is 44.6 Å². The van der Waals surface area contributed by atoms with Gasteiger partial charge in [0.15, 0.2) is 0 Å². The van der Waals surface area contributed by atoms with Gasteiger partial charge in [-0.05, 0) is 13.3 Å². The first-order valence-electron chi connectivity index (χ1n) is 4.80. The van der Waals surface area contributed by atoms with Gasteiger partial charge in [0.1, 0.15) is 5.54 Å². The summed E-state index contributed by atoms with van der Waals surface area (Å²) in [5.41, 5.74) is -1.98. The summed E-state index contributed by atoms with van der Waals surface area (Å²) < 4.78 is 49.0. The molecule has 0 saturated heterocycles. The lowest BCUT2D eigenvalue weighted by molar-refractivity contribution is -0.173. The molecule has 0 aromatic carbocycles. The first-order valence-corrected chi connectivity index (χ1v) is 4.80. The number of aliphatic carboxylic acids is 1. The quantitative estimate of drug-likeness (QED) is 0.713. The Bertz CT molecular complexity index is 309. The average molecular weight is 259 g/mol. The molecule has 0 bridgehead atoms. The number of carbonyl (C=O) groups excluding carboxylic acids is 1. The summed E-state index contributed by atoms with van der Waals surface area (Å²) in [6, 6.07) is 0. The number of hydrogen-bond donors (Lipinski definition) is 2. The van der Waals surface area contributed by atoms with Gasteiger partial charge in [0.2, 0.25) is 0 Å². The molecule has 0 fully saturated rings. The summed E-state index contributed by atoms with van der Waals surface area (Å²) in [5, 5.41) is 10.2. The number of rotatable bonds is 6. The van der Waals surface area contributed by atoms with E-state index in [2.05, 4.69) is 0 Å². The summed E-state index contributed by atoms with van der Waals surface area (Å²) in [7, 11) is 0. The van der Waals surface area contributed by atoms with Crippen molar-refractivity contribution in [2.75, 3.05) is 0 Å². The molecule has 0 aliphatic rings. The van der Waals surface area contributed by atoms with Crippen LogP contribution in [-0.2, 0) is 9.59 Å². The van der Waals surface area contributed by atoms with Gasteiger partial charge in [0, 0.05) is 0 Å². The normalized spacial score (nSPS) is 15.5. The van der Waals surface area contributed by atoms with Crippen molar-refractivity contribution in [1.82, 2.24) is 5.32 Å². The molecule has 0 radical (unpaired) electrons. The molecule has 0 heterocycles. The van der Waals surface area contributed by atoms with E-state index in [4.69, 9.17) is 5.11 Å². The van der Waals surface area contributed by atoms with Crippen LogP contribution in [0.25, 0.3) is 0 Å². The number of nitrogens with one attached hydrogen (secondary N) is 1. The maximum absolute atomic E-state index is 12.6. The van der Waals surface area contributed by atoms with E-state index in [9.17, 15) is 27.2 Å². The van der Waals surface area contributed by atoms with E-state index >= 15 is 0 Å². The largest absolute Gasteiger partial charge is 0.480 e. The van der Waals surface area contributed by atoms with Gasteiger partial charge in [0.05, 0.1) is 0 Å².